The van der Waals surface area contributed by atoms with Crippen molar-refractivity contribution in [2.24, 2.45) is 23.2 Å². The molecule has 0 spiro atoms. The van der Waals surface area contributed by atoms with Crippen LogP contribution in [-0.2, 0) is 9.59 Å². The number of benzene rings is 1. The van der Waals surface area contributed by atoms with Gasteiger partial charge in [0.2, 0.25) is 11.8 Å². The Morgan fingerprint density at radius 1 is 1.11 bits per heavy atom. The summed E-state index contributed by atoms with van der Waals surface area (Å²) in [5, 5.41) is 23.9. The van der Waals surface area contributed by atoms with E-state index < -0.39 is 24.2 Å². The lowest BCUT2D eigenvalue weighted by Crippen LogP contribution is -2.59. The number of para-hydroxylation sites is 1. The van der Waals surface area contributed by atoms with Crippen LogP contribution in [0.2, 0.25) is 0 Å². The molecule has 6 aliphatic rings. The highest BCUT2D eigenvalue weighted by atomic mass is 16.5. The number of ether oxygens (including phenoxy) is 1. The van der Waals surface area contributed by atoms with Crippen molar-refractivity contribution in [3.05, 3.63) is 41.5 Å². The van der Waals surface area contributed by atoms with Gasteiger partial charge in [-0.05, 0) is 80.3 Å². The second kappa shape index (κ2) is 9.73. The highest BCUT2D eigenvalue weighted by Gasteiger charge is 2.54. The van der Waals surface area contributed by atoms with Gasteiger partial charge in [-0.1, -0.05) is 25.1 Å². The Morgan fingerprint density at radius 3 is 2.43 bits per heavy atom. The number of nitrogens with one attached hydrogen (secondary N) is 1. The molecule has 4 saturated carbocycles. The monoisotopic (exact) mass is 508 g/mol. The van der Waals surface area contributed by atoms with Crippen molar-refractivity contribution in [3.63, 3.8) is 0 Å². The van der Waals surface area contributed by atoms with Crippen molar-refractivity contribution in [2.75, 3.05) is 19.7 Å². The van der Waals surface area contributed by atoms with Crippen molar-refractivity contribution in [3.8, 4) is 5.75 Å². The van der Waals surface area contributed by atoms with Gasteiger partial charge in [-0.3, -0.25) is 9.59 Å². The molecule has 0 aromatic heterocycles. The van der Waals surface area contributed by atoms with Crippen molar-refractivity contribution in [1.82, 2.24) is 10.2 Å². The second-order valence-electron chi connectivity index (χ2n) is 12.4. The molecule has 4 bridgehead atoms. The fourth-order valence-corrected chi connectivity index (χ4v) is 8.75. The van der Waals surface area contributed by atoms with Crippen molar-refractivity contribution in [2.45, 2.75) is 82.5 Å². The maximum atomic E-state index is 13.7. The fraction of sp³-hybridized carbons (Fsp3) is 0.667. The van der Waals surface area contributed by atoms with Gasteiger partial charge in [-0.2, -0.15) is 0 Å². The first-order chi connectivity index (χ1) is 17.9. The zero-order valence-corrected chi connectivity index (χ0v) is 21.8. The second-order valence-corrected chi connectivity index (χ2v) is 12.4. The van der Waals surface area contributed by atoms with Gasteiger partial charge in [0.25, 0.3) is 0 Å². The van der Waals surface area contributed by atoms with Crippen LogP contribution in [0.4, 0.5) is 0 Å². The summed E-state index contributed by atoms with van der Waals surface area (Å²) in [6.07, 6.45) is 8.90. The van der Waals surface area contributed by atoms with Crippen LogP contribution in [0.25, 0.3) is 0 Å². The number of carbonyl (C=O) groups is 2. The zero-order chi connectivity index (χ0) is 25.7. The lowest BCUT2D eigenvalue weighted by molar-refractivity contribution is -0.145. The number of nitrogens with zero attached hydrogens (tertiary/aromatic N) is 1. The van der Waals surface area contributed by atoms with Crippen LogP contribution in [-0.4, -0.2) is 64.9 Å². The van der Waals surface area contributed by atoms with E-state index >= 15 is 0 Å². The predicted molar refractivity (Wildman–Crippen MR) is 139 cm³/mol. The Labute approximate surface area is 219 Å². The molecule has 1 heterocycles. The van der Waals surface area contributed by atoms with Crippen LogP contribution in [0.1, 0.15) is 69.8 Å². The van der Waals surface area contributed by atoms with E-state index in [1.165, 1.54) is 38.5 Å². The van der Waals surface area contributed by atoms with E-state index in [9.17, 15) is 19.8 Å². The fourth-order valence-electron chi connectivity index (χ4n) is 8.75. The minimum Gasteiger partial charge on any atom is -0.486 e. The first-order valence-electron chi connectivity index (χ1n) is 14.2. The molecular weight excluding hydrogens is 468 g/mol. The average Bonchev–Trinajstić information content (AvgIpc) is 3.26. The van der Waals surface area contributed by atoms with Crippen LogP contribution in [0, 0.1) is 23.2 Å². The summed E-state index contributed by atoms with van der Waals surface area (Å²) in [4.78, 5) is 28.9. The number of hydrogen-bond donors (Lipinski definition) is 3. The molecule has 5 aliphatic carbocycles. The number of hydrogen-bond acceptors (Lipinski definition) is 5. The highest BCUT2D eigenvalue weighted by molar-refractivity contribution is 5.96. The van der Waals surface area contributed by atoms with Crippen LogP contribution >= 0.6 is 0 Å². The molecule has 3 N–H and O–H groups in total. The van der Waals surface area contributed by atoms with Gasteiger partial charge in [0.15, 0.2) is 0 Å². The van der Waals surface area contributed by atoms with Gasteiger partial charge in [0.1, 0.15) is 18.0 Å². The predicted octanol–water partition coefficient (Wildman–Crippen LogP) is 3.15. The quantitative estimate of drug-likeness (QED) is 0.501. The maximum Gasteiger partial charge on any atom is 0.247 e. The third-order valence-corrected chi connectivity index (χ3v) is 9.69. The number of aliphatic hydroxyl groups excluding tert-OH is 2. The number of amides is 2. The number of carbonyl (C=O) groups excluding carboxylic acids is 2. The summed E-state index contributed by atoms with van der Waals surface area (Å²) >= 11 is 0. The van der Waals surface area contributed by atoms with Crippen molar-refractivity contribution in [1.29, 1.82) is 0 Å². The Hall–Kier alpha value is -2.38. The van der Waals surface area contributed by atoms with Crippen LogP contribution in [0.3, 0.4) is 0 Å². The van der Waals surface area contributed by atoms with Crippen LogP contribution in [0.15, 0.2) is 35.9 Å². The number of fused-ring (bicyclic) bond motifs is 3. The highest BCUT2D eigenvalue weighted by Crippen LogP contribution is 2.60. The molecule has 4 fully saturated rings. The summed E-state index contributed by atoms with van der Waals surface area (Å²) in [6, 6.07) is 6.98. The summed E-state index contributed by atoms with van der Waals surface area (Å²) in [5.74, 6) is 2.31. The van der Waals surface area contributed by atoms with E-state index in [-0.39, 0.29) is 30.4 Å². The Balaban J connectivity index is 1.37. The molecular formula is C30H40N2O5. The van der Waals surface area contributed by atoms with Crippen LogP contribution < -0.4 is 10.1 Å². The normalized spacial score (nSPS) is 36.8. The molecule has 1 aromatic carbocycles. The summed E-state index contributed by atoms with van der Waals surface area (Å²) in [6.45, 7) is 2.65. The topological polar surface area (TPSA) is 99.1 Å². The van der Waals surface area contributed by atoms with E-state index in [1.54, 1.807) is 0 Å². The van der Waals surface area contributed by atoms with Gasteiger partial charge in [-0.25, -0.2) is 0 Å². The molecule has 2 amide bonds. The van der Waals surface area contributed by atoms with Crippen molar-refractivity contribution >= 4 is 11.8 Å². The molecule has 200 valence electrons. The molecule has 0 radical (unpaired) electrons. The maximum absolute atomic E-state index is 13.7. The third-order valence-electron chi connectivity index (χ3n) is 9.69. The van der Waals surface area contributed by atoms with Crippen molar-refractivity contribution < 1.29 is 24.5 Å². The summed E-state index contributed by atoms with van der Waals surface area (Å²) in [5.41, 5.74) is 1.50. The Kier molecular flexibility index (Phi) is 6.56. The molecule has 37 heavy (non-hydrogen) atoms. The van der Waals surface area contributed by atoms with Crippen LogP contribution in [0.5, 0.6) is 5.75 Å². The van der Waals surface area contributed by atoms with Gasteiger partial charge < -0.3 is 25.2 Å². The lowest BCUT2D eigenvalue weighted by Gasteiger charge is -2.58. The summed E-state index contributed by atoms with van der Waals surface area (Å²) < 4.78 is 6.26. The number of aliphatic hydroxyl groups is 2. The average molecular weight is 509 g/mol. The van der Waals surface area contributed by atoms with E-state index in [2.05, 4.69) is 5.32 Å². The molecule has 0 unspecified atom stereocenters. The zero-order valence-electron chi connectivity index (χ0n) is 21.8. The molecule has 4 atom stereocenters. The smallest absolute Gasteiger partial charge is 0.247 e. The van der Waals surface area contributed by atoms with Gasteiger partial charge in [0, 0.05) is 30.6 Å². The van der Waals surface area contributed by atoms with Gasteiger partial charge in [0.05, 0.1) is 18.6 Å². The minimum atomic E-state index is -0.943. The summed E-state index contributed by atoms with van der Waals surface area (Å²) in [7, 11) is 0. The first kappa shape index (κ1) is 24.9. The van der Waals surface area contributed by atoms with E-state index in [1.807, 2.05) is 42.2 Å². The lowest BCUT2D eigenvalue weighted by atomic mass is 9.49. The van der Waals surface area contributed by atoms with Gasteiger partial charge >= 0.3 is 0 Å². The third kappa shape index (κ3) is 4.38. The van der Waals surface area contributed by atoms with E-state index in [4.69, 9.17) is 4.74 Å². The first-order valence-corrected chi connectivity index (χ1v) is 14.2. The standard InChI is InChI=1S/C30H40N2O5/c1-2-5-25(34)32(17-30-14-18-10-19(15-30)12-20(11-18)16-30)23-13-22(29(36)31-8-9-33)26-21-6-3-4-7-24(21)37-28(26)27(23)35/h3-4,6-7,13,18-20,23,26-28,33,35H,2,5,8-12,14-17H2,1H3,(H,31,36)/t18?,19?,20?,23-,26+,27+,28+,30?/m1/s1. The van der Waals surface area contributed by atoms with E-state index in [0.717, 1.165) is 29.7 Å². The van der Waals surface area contributed by atoms with E-state index in [0.29, 0.717) is 24.3 Å². The largest absolute Gasteiger partial charge is 0.486 e. The molecule has 7 rings (SSSR count). The Bertz CT molecular complexity index is 1050. The molecule has 7 nitrogen and oxygen atoms in total. The molecule has 7 heteroatoms. The SMILES string of the molecule is CCCC(=O)N(CC12CC3CC(CC(C3)C1)C2)[C@@H]1C=C(C(=O)NCCO)[C@@H]2c3ccccc3O[C@@H]2[C@H]1O. The molecule has 1 aliphatic heterocycles. The minimum absolute atomic E-state index is 0.0441. The Morgan fingerprint density at radius 2 is 1.78 bits per heavy atom. The number of rotatable bonds is 8. The van der Waals surface area contributed by atoms with Gasteiger partial charge in [-0.15, -0.1) is 0 Å². The molecule has 1 aromatic rings. The molecule has 0 saturated heterocycles.